The average Bonchev–Trinajstić information content (AvgIpc) is 2.49. The van der Waals surface area contributed by atoms with Gasteiger partial charge >= 0.3 is 6.03 Å². The van der Waals surface area contributed by atoms with Gasteiger partial charge in [-0.1, -0.05) is 11.8 Å². The van der Waals surface area contributed by atoms with Crippen LogP contribution in [-0.2, 0) is 0 Å². The first-order chi connectivity index (χ1) is 10.1. The zero-order chi connectivity index (χ0) is 15.2. The summed E-state index contributed by atoms with van der Waals surface area (Å²) in [5.41, 5.74) is 0.770. The topological polar surface area (TPSA) is 84.3 Å². The van der Waals surface area contributed by atoms with Gasteiger partial charge in [0, 0.05) is 34.7 Å². The van der Waals surface area contributed by atoms with Gasteiger partial charge in [0.1, 0.15) is 0 Å². The SMILES string of the molecule is CNC(=O)Nc1ccc(Sc2ccc([N+](=O)[O-])cc2)cc1. The number of nitro groups is 1. The fourth-order valence-corrected chi connectivity index (χ4v) is 2.39. The van der Waals surface area contributed by atoms with Crippen LogP contribution >= 0.6 is 11.8 Å². The Morgan fingerprint density at radius 3 is 2.05 bits per heavy atom. The third-order valence-electron chi connectivity index (χ3n) is 2.62. The smallest absolute Gasteiger partial charge is 0.318 e. The summed E-state index contributed by atoms with van der Waals surface area (Å²) in [5, 5.41) is 15.7. The van der Waals surface area contributed by atoms with Gasteiger partial charge in [0.2, 0.25) is 0 Å². The zero-order valence-corrected chi connectivity index (χ0v) is 12.0. The molecule has 0 radical (unpaired) electrons. The highest BCUT2D eigenvalue weighted by atomic mass is 32.2. The van der Waals surface area contributed by atoms with Crippen molar-refractivity contribution >= 4 is 29.2 Å². The number of nitrogens with zero attached hydrogens (tertiary/aromatic N) is 1. The molecule has 0 saturated carbocycles. The van der Waals surface area contributed by atoms with E-state index in [4.69, 9.17) is 0 Å². The summed E-state index contributed by atoms with van der Waals surface area (Å²) < 4.78 is 0. The molecule has 21 heavy (non-hydrogen) atoms. The third-order valence-corrected chi connectivity index (χ3v) is 3.64. The molecule has 0 aromatic heterocycles. The lowest BCUT2D eigenvalue weighted by atomic mass is 10.3. The quantitative estimate of drug-likeness (QED) is 0.669. The highest BCUT2D eigenvalue weighted by Gasteiger charge is 2.05. The maximum absolute atomic E-state index is 11.2. The second kappa shape index (κ2) is 6.76. The van der Waals surface area contributed by atoms with Crippen molar-refractivity contribution in [3.05, 3.63) is 58.6 Å². The largest absolute Gasteiger partial charge is 0.341 e. The molecule has 0 spiro atoms. The van der Waals surface area contributed by atoms with E-state index in [9.17, 15) is 14.9 Å². The first kappa shape index (κ1) is 14.9. The molecular weight excluding hydrogens is 290 g/mol. The maximum Gasteiger partial charge on any atom is 0.318 e. The van der Waals surface area contributed by atoms with E-state index in [0.717, 1.165) is 9.79 Å². The molecule has 0 saturated heterocycles. The molecule has 2 rings (SSSR count). The van der Waals surface area contributed by atoms with Crippen LogP contribution in [0.5, 0.6) is 0 Å². The zero-order valence-electron chi connectivity index (χ0n) is 11.2. The van der Waals surface area contributed by atoms with E-state index in [0.29, 0.717) is 5.69 Å². The standard InChI is InChI=1S/C14H13N3O3S/c1-15-14(18)16-10-2-6-12(7-3-10)21-13-8-4-11(5-9-13)17(19)20/h2-9H,1H3,(H2,15,16,18). The number of hydrogen-bond donors (Lipinski definition) is 2. The Balaban J connectivity index is 2.02. The van der Waals surface area contributed by atoms with Crippen molar-refractivity contribution in [2.24, 2.45) is 0 Å². The molecule has 0 aliphatic carbocycles. The number of anilines is 1. The molecule has 7 heteroatoms. The second-order valence-electron chi connectivity index (χ2n) is 4.08. The molecule has 2 aromatic rings. The van der Waals surface area contributed by atoms with Crippen molar-refractivity contribution < 1.29 is 9.72 Å². The minimum atomic E-state index is -0.423. The number of benzene rings is 2. The Labute approximate surface area is 125 Å². The molecular formula is C14H13N3O3S. The Kier molecular flexibility index (Phi) is 4.78. The Hall–Kier alpha value is -2.54. The van der Waals surface area contributed by atoms with Crippen LogP contribution in [0.2, 0.25) is 0 Å². The highest BCUT2D eigenvalue weighted by molar-refractivity contribution is 7.99. The van der Waals surface area contributed by atoms with Crippen molar-refractivity contribution in [1.82, 2.24) is 5.32 Å². The lowest BCUT2D eigenvalue weighted by Gasteiger charge is -2.06. The van der Waals surface area contributed by atoms with E-state index in [1.807, 2.05) is 12.1 Å². The lowest BCUT2D eigenvalue weighted by molar-refractivity contribution is -0.384. The van der Waals surface area contributed by atoms with E-state index in [-0.39, 0.29) is 11.7 Å². The number of amides is 2. The van der Waals surface area contributed by atoms with Gasteiger partial charge in [-0.15, -0.1) is 0 Å². The van der Waals surface area contributed by atoms with Crippen LogP contribution in [0.4, 0.5) is 16.2 Å². The highest BCUT2D eigenvalue weighted by Crippen LogP contribution is 2.29. The first-order valence-corrected chi connectivity index (χ1v) is 6.91. The minimum Gasteiger partial charge on any atom is -0.341 e. The monoisotopic (exact) mass is 303 g/mol. The van der Waals surface area contributed by atoms with Crippen LogP contribution in [-0.4, -0.2) is 18.0 Å². The van der Waals surface area contributed by atoms with E-state index < -0.39 is 4.92 Å². The van der Waals surface area contributed by atoms with Gasteiger partial charge in [-0.2, -0.15) is 0 Å². The molecule has 0 aliphatic heterocycles. The summed E-state index contributed by atoms with van der Waals surface area (Å²) in [4.78, 5) is 23.2. The third kappa shape index (κ3) is 4.22. The molecule has 108 valence electrons. The minimum absolute atomic E-state index is 0.0736. The van der Waals surface area contributed by atoms with E-state index in [1.54, 1.807) is 31.3 Å². The van der Waals surface area contributed by atoms with Gasteiger partial charge in [0.15, 0.2) is 0 Å². The summed E-state index contributed by atoms with van der Waals surface area (Å²) in [5.74, 6) is 0. The number of rotatable bonds is 4. The fraction of sp³-hybridized carbons (Fsp3) is 0.0714. The van der Waals surface area contributed by atoms with Crippen LogP contribution in [0.15, 0.2) is 58.3 Å². The number of carbonyl (C=O) groups is 1. The van der Waals surface area contributed by atoms with Crippen molar-refractivity contribution in [1.29, 1.82) is 0 Å². The number of nitrogens with one attached hydrogen (secondary N) is 2. The number of hydrogen-bond acceptors (Lipinski definition) is 4. The average molecular weight is 303 g/mol. The van der Waals surface area contributed by atoms with Gasteiger partial charge in [-0.25, -0.2) is 4.79 Å². The Morgan fingerprint density at radius 2 is 1.57 bits per heavy atom. The predicted octanol–water partition coefficient (Wildman–Crippen LogP) is 3.50. The van der Waals surface area contributed by atoms with Crippen LogP contribution in [0.1, 0.15) is 0 Å². The molecule has 0 bridgehead atoms. The predicted molar refractivity (Wildman–Crippen MR) is 81.7 cm³/mol. The van der Waals surface area contributed by atoms with Gasteiger partial charge < -0.3 is 10.6 Å². The molecule has 0 unspecified atom stereocenters. The molecule has 2 N–H and O–H groups in total. The van der Waals surface area contributed by atoms with Crippen molar-refractivity contribution in [2.75, 3.05) is 12.4 Å². The van der Waals surface area contributed by atoms with Gasteiger partial charge in [0.05, 0.1) is 4.92 Å². The molecule has 2 aromatic carbocycles. The summed E-state index contributed by atoms with van der Waals surface area (Å²) in [6, 6.07) is 13.4. The van der Waals surface area contributed by atoms with Gasteiger partial charge in [-0.3, -0.25) is 10.1 Å². The van der Waals surface area contributed by atoms with Crippen molar-refractivity contribution in [2.45, 2.75) is 9.79 Å². The van der Waals surface area contributed by atoms with Crippen LogP contribution < -0.4 is 10.6 Å². The number of non-ortho nitro benzene ring substituents is 1. The van der Waals surface area contributed by atoms with Crippen molar-refractivity contribution in [3.8, 4) is 0 Å². The summed E-state index contributed by atoms with van der Waals surface area (Å²) in [7, 11) is 1.55. The molecule has 0 heterocycles. The van der Waals surface area contributed by atoms with E-state index in [2.05, 4.69) is 10.6 Å². The summed E-state index contributed by atoms with van der Waals surface area (Å²) in [6.07, 6.45) is 0. The van der Waals surface area contributed by atoms with Crippen LogP contribution in [0.25, 0.3) is 0 Å². The fourth-order valence-electron chi connectivity index (χ4n) is 1.57. The number of nitro benzene ring substituents is 1. The lowest BCUT2D eigenvalue weighted by Crippen LogP contribution is -2.24. The normalized spacial score (nSPS) is 9.95. The number of carbonyl (C=O) groups excluding carboxylic acids is 1. The maximum atomic E-state index is 11.2. The Bertz CT molecular complexity index is 642. The summed E-state index contributed by atoms with van der Waals surface area (Å²) in [6.45, 7) is 0. The van der Waals surface area contributed by atoms with Crippen molar-refractivity contribution in [3.63, 3.8) is 0 Å². The van der Waals surface area contributed by atoms with E-state index in [1.165, 1.54) is 23.9 Å². The number of urea groups is 1. The molecule has 6 nitrogen and oxygen atoms in total. The summed E-state index contributed by atoms with van der Waals surface area (Å²) >= 11 is 1.49. The first-order valence-electron chi connectivity index (χ1n) is 6.09. The Morgan fingerprint density at radius 1 is 1.05 bits per heavy atom. The molecule has 2 amide bonds. The second-order valence-corrected chi connectivity index (χ2v) is 5.23. The van der Waals surface area contributed by atoms with Gasteiger partial charge in [0.25, 0.3) is 5.69 Å². The molecule has 0 atom stereocenters. The van der Waals surface area contributed by atoms with E-state index >= 15 is 0 Å². The van der Waals surface area contributed by atoms with Crippen LogP contribution in [0, 0.1) is 10.1 Å². The van der Waals surface area contributed by atoms with Gasteiger partial charge in [-0.05, 0) is 36.4 Å². The molecule has 0 aliphatic rings. The molecule has 0 fully saturated rings. The van der Waals surface area contributed by atoms with Crippen LogP contribution in [0.3, 0.4) is 0 Å².